The van der Waals surface area contributed by atoms with Crippen LogP contribution in [0.3, 0.4) is 0 Å². The van der Waals surface area contributed by atoms with Gasteiger partial charge in [-0.3, -0.25) is 0 Å². The number of hydrogen-bond acceptors (Lipinski definition) is 3. The van der Waals surface area contributed by atoms with Crippen molar-refractivity contribution in [2.24, 2.45) is 0 Å². The van der Waals surface area contributed by atoms with E-state index in [9.17, 15) is 21.6 Å². The van der Waals surface area contributed by atoms with Gasteiger partial charge in [-0.1, -0.05) is 52.3 Å². The molecule has 130 valence electrons. The topological polar surface area (TPSA) is 43.4 Å². The summed E-state index contributed by atoms with van der Waals surface area (Å²) < 4.78 is 66.1. The van der Waals surface area contributed by atoms with Crippen LogP contribution in [0.1, 0.15) is 0 Å². The van der Waals surface area contributed by atoms with Gasteiger partial charge in [-0.25, -0.2) is 0 Å². The molecule has 3 aromatic rings. The van der Waals surface area contributed by atoms with Crippen molar-refractivity contribution in [3.05, 3.63) is 65.1 Å². The molecule has 0 unspecified atom stereocenters. The van der Waals surface area contributed by atoms with Gasteiger partial charge in [0.15, 0.2) is 5.75 Å². The second-order valence-electron chi connectivity index (χ2n) is 5.19. The molecular weight excluding hydrogens is 421 g/mol. The zero-order valence-electron chi connectivity index (χ0n) is 12.4. The van der Waals surface area contributed by atoms with Gasteiger partial charge >= 0.3 is 15.6 Å². The van der Waals surface area contributed by atoms with Crippen LogP contribution in [0.5, 0.6) is 5.75 Å². The van der Waals surface area contributed by atoms with Crippen molar-refractivity contribution >= 4 is 36.8 Å². The maximum Gasteiger partial charge on any atom is 0.534 e. The molecule has 0 aliphatic rings. The summed E-state index contributed by atoms with van der Waals surface area (Å²) in [6.07, 6.45) is 0. The normalized spacial score (nSPS) is 12.3. The van der Waals surface area contributed by atoms with E-state index in [1.54, 1.807) is 48.5 Å². The lowest BCUT2D eigenvalue weighted by Crippen LogP contribution is -2.28. The molecular formula is C17H10BrF3O3S. The minimum Gasteiger partial charge on any atom is -0.375 e. The van der Waals surface area contributed by atoms with Crippen molar-refractivity contribution in [2.45, 2.75) is 5.51 Å². The van der Waals surface area contributed by atoms with Crippen LogP contribution in [-0.2, 0) is 10.1 Å². The Kier molecular flexibility index (Phi) is 4.51. The van der Waals surface area contributed by atoms with E-state index in [0.717, 1.165) is 4.47 Å². The molecule has 0 radical (unpaired) electrons. The minimum atomic E-state index is -5.76. The SMILES string of the molecule is O=S(=O)(Oc1cc(-c2ccc(Br)cc2)cc2ccccc12)C(F)(F)F. The Morgan fingerprint density at radius 1 is 0.880 bits per heavy atom. The summed E-state index contributed by atoms with van der Waals surface area (Å²) in [5.74, 6) is -0.367. The Morgan fingerprint density at radius 2 is 1.52 bits per heavy atom. The van der Waals surface area contributed by atoms with Crippen LogP contribution in [0, 0.1) is 0 Å². The third-order valence-electron chi connectivity index (χ3n) is 3.48. The molecule has 0 aliphatic carbocycles. The fraction of sp³-hybridized carbons (Fsp3) is 0.0588. The summed E-state index contributed by atoms with van der Waals surface area (Å²) in [6, 6.07) is 16.6. The quantitative estimate of drug-likeness (QED) is 0.407. The first-order valence-corrected chi connectivity index (χ1v) is 9.17. The van der Waals surface area contributed by atoms with E-state index in [1.165, 1.54) is 12.1 Å². The fourth-order valence-electron chi connectivity index (χ4n) is 2.32. The highest BCUT2D eigenvalue weighted by atomic mass is 79.9. The van der Waals surface area contributed by atoms with Gasteiger partial charge in [0.1, 0.15) is 0 Å². The predicted octanol–water partition coefficient (Wildman–Crippen LogP) is 5.50. The molecule has 0 amide bonds. The molecule has 0 aromatic heterocycles. The zero-order chi connectivity index (χ0) is 18.2. The lowest BCUT2D eigenvalue weighted by atomic mass is 10.0. The highest BCUT2D eigenvalue weighted by molar-refractivity contribution is 9.10. The van der Waals surface area contributed by atoms with Crippen LogP contribution < -0.4 is 4.18 Å². The Balaban J connectivity index is 2.18. The van der Waals surface area contributed by atoms with E-state index < -0.39 is 15.6 Å². The Morgan fingerprint density at radius 3 is 2.16 bits per heavy atom. The second-order valence-corrected chi connectivity index (χ2v) is 7.64. The van der Waals surface area contributed by atoms with Crippen molar-refractivity contribution < 1.29 is 25.8 Å². The van der Waals surface area contributed by atoms with Gasteiger partial charge in [-0.2, -0.15) is 21.6 Å². The van der Waals surface area contributed by atoms with Gasteiger partial charge in [-0.15, -0.1) is 0 Å². The van der Waals surface area contributed by atoms with Crippen LogP contribution in [-0.4, -0.2) is 13.9 Å². The highest BCUT2D eigenvalue weighted by Gasteiger charge is 2.48. The first-order chi connectivity index (χ1) is 11.7. The molecule has 0 N–H and O–H groups in total. The van der Waals surface area contributed by atoms with E-state index in [4.69, 9.17) is 0 Å². The predicted molar refractivity (Wildman–Crippen MR) is 92.7 cm³/mol. The maximum absolute atomic E-state index is 12.7. The van der Waals surface area contributed by atoms with Crippen molar-refractivity contribution in [3.8, 4) is 16.9 Å². The van der Waals surface area contributed by atoms with E-state index in [2.05, 4.69) is 20.1 Å². The number of rotatable bonds is 3. The Hall–Kier alpha value is -2.06. The molecule has 0 fully saturated rings. The standard InChI is InChI=1S/C17H10BrF3O3S/c18-14-7-5-11(6-8-14)13-9-12-3-1-2-4-15(12)16(10-13)24-25(22,23)17(19,20)21/h1-10H. The average Bonchev–Trinajstić information content (AvgIpc) is 2.54. The lowest BCUT2D eigenvalue weighted by molar-refractivity contribution is -0.0499. The van der Waals surface area contributed by atoms with Crippen LogP contribution in [0.15, 0.2) is 65.1 Å². The summed E-state index contributed by atoms with van der Waals surface area (Å²) in [7, 11) is -5.76. The lowest BCUT2D eigenvalue weighted by Gasteiger charge is -2.13. The molecule has 3 rings (SSSR count). The molecule has 0 atom stereocenters. The monoisotopic (exact) mass is 430 g/mol. The van der Waals surface area contributed by atoms with Crippen LogP contribution in [0.2, 0.25) is 0 Å². The van der Waals surface area contributed by atoms with E-state index >= 15 is 0 Å². The first kappa shape index (κ1) is 17.8. The number of halogens is 4. The molecule has 25 heavy (non-hydrogen) atoms. The number of hydrogen-bond donors (Lipinski definition) is 0. The van der Waals surface area contributed by atoms with E-state index in [1.807, 2.05) is 0 Å². The summed E-state index contributed by atoms with van der Waals surface area (Å²) in [4.78, 5) is 0. The molecule has 0 bridgehead atoms. The third-order valence-corrected chi connectivity index (χ3v) is 4.98. The van der Waals surface area contributed by atoms with Crippen LogP contribution in [0.25, 0.3) is 21.9 Å². The number of benzene rings is 3. The van der Waals surface area contributed by atoms with Gasteiger partial charge in [0.2, 0.25) is 0 Å². The first-order valence-electron chi connectivity index (χ1n) is 6.97. The zero-order valence-corrected chi connectivity index (χ0v) is 14.8. The van der Waals surface area contributed by atoms with Gasteiger partial charge in [-0.05, 0) is 40.8 Å². The highest BCUT2D eigenvalue weighted by Crippen LogP contribution is 2.36. The van der Waals surface area contributed by atoms with Crippen LogP contribution in [0.4, 0.5) is 13.2 Å². The number of fused-ring (bicyclic) bond motifs is 1. The fourth-order valence-corrected chi connectivity index (χ4v) is 3.05. The van der Waals surface area contributed by atoms with Gasteiger partial charge < -0.3 is 4.18 Å². The van der Waals surface area contributed by atoms with Gasteiger partial charge in [0.25, 0.3) is 0 Å². The van der Waals surface area contributed by atoms with Crippen molar-refractivity contribution in [2.75, 3.05) is 0 Å². The smallest absolute Gasteiger partial charge is 0.375 e. The summed E-state index contributed by atoms with van der Waals surface area (Å²) in [6.45, 7) is 0. The molecule has 0 aliphatic heterocycles. The molecule has 0 spiro atoms. The third kappa shape index (κ3) is 3.64. The average molecular weight is 431 g/mol. The Labute approximate surface area is 150 Å². The molecule has 0 saturated heterocycles. The summed E-state index contributed by atoms with van der Waals surface area (Å²) in [5.41, 5.74) is -4.25. The van der Waals surface area contributed by atoms with Crippen molar-refractivity contribution in [1.29, 1.82) is 0 Å². The molecule has 3 nitrogen and oxygen atoms in total. The van der Waals surface area contributed by atoms with Crippen molar-refractivity contribution in [1.82, 2.24) is 0 Å². The minimum absolute atomic E-state index is 0.274. The van der Waals surface area contributed by atoms with Gasteiger partial charge in [0, 0.05) is 9.86 Å². The Bertz CT molecular complexity index is 1030. The van der Waals surface area contributed by atoms with E-state index in [-0.39, 0.29) is 11.1 Å². The van der Waals surface area contributed by atoms with Crippen molar-refractivity contribution in [3.63, 3.8) is 0 Å². The summed E-state index contributed by atoms with van der Waals surface area (Å²) >= 11 is 3.30. The molecule has 3 aromatic carbocycles. The largest absolute Gasteiger partial charge is 0.534 e. The second kappa shape index (κ2) is 6.34. The van der Waals surface area contributed by atoms with E-state index in [0.29, 0.717) is 16.5 Å². The maximum atomic E-state index is 12.7. The molecule has 0 heterocycles. The number of alkyl halides is 3. The summed E-state index contributed by atoms with van der Waals surface area (Å²) in [5, 5.41) is 0.839. The van der Waals surface area contributed by atoms with Crippen LogP contribution >= 0.6 is 15.9 Å². The van der Waals surface area contributed by atoms with Gasteiger partial charge in [0.05, 0.1) is 0 Å². The molecule has 8 heteroatoms. The molecule has 0 saturated carbocycles.